The van der Waals surface area contributed by atoms with Crippen LogP contribution in [0.15, 0.2) is 35.9 Å². The molecule has 0 radical (unpaired) electrons. The highest BCUT2D eigenvalue weighted by molar-refractivity contribution is 6.05. The van der Waals surface area contributed by atoms with Crippen LogP contribution in [-0.4, -0.2) is 61.5 Å². The Morgan fingerprint density at radius 2 is 1.70 bits per heavy atom. The molecule has 1 atom stereocenters. The minimum Gasteiger partial charge on any atom is -0.355 e. The van der Waals surface area contributed by atoms with Crippen molar-refractivity contribution in [3.05, 3.63) is 41.5 Å². The maximum absolute atomic E-state index is 12.6. The normalized spacial score (nSPS) is 25.6. The van der Waals surface area contributed by atoms with Crippen LogP contribution in [0.4, 0.5) is 0 Å². The van der Waals surface area contributed by atoms with E-state index in [1.807, 2.05) is 18.2 Å². The molecule has 2 saturated heterocycles. The third-order valence-corrected chi connectivity index (χ3v) is 6.83. The fraction of sp³-hybridized carbons (Fsp3) is 0.609. The summed E-state index contributed by atoms with van der Waals surface area (Å²) in [7, 11) is 2.23. The van der Waals surface area contributed by atoms with E-state index >= 15 is 0 Å². The van der Waals surface area contributed by atoms with Crippen molar-refractivity contribution in [2.24, 2.45) is 11.8 Å². The molecule has 2 aliphatic heterocycles. The molecule has 0 bridgehead atoms. The number of hydrogen-bond donors (Lipinski definition) is 1. The lowest BCUT2D eigenvalue weighted by atomic mass is 9.93. The largest absolute Gasteiger partial charge is 0.355 e. The summed E-state index contributed by atoms with van der Waals surface area (Å²) in [5, 5.41) is 3.24. The average molecular weight is 368 g/mol. The van der Waals surface area contributed by atoms with Gasteiger partial charge in [-0.25, -0.2) is 0 Å². The number of likely N-dealkylation sites (tertiary alicyclic amines) is 2. The number of nitrogens with zero attached hydrogens (tertiary/aromatic N) is 2. The van der Waals surface area contributed by atoms with Crippen molar-refractivity contribution in [3.8, 4) is 0 Å². The monoisotopic (exact) mass is 367 g/mol. The predicted molar refractivity (Wildman–Crippen MR) is 110 cm³/mol. The molecule has 1 aromatic rings. The fourth-order valence-corrected chi connectivity index (χ4v) is 4.90. The second-order valence-corrected chi connectivity index (χ2v) is 8.65. The van der Waals surface area contributed by atoms with Crippen molar-refractivity contribution in [2.75, 3.05) is 39.8 Å². The van der Waals surface area contributed by atoms with E-state index in [1.54, 1.807) is 0 Å². The first-order valence-electron chi connectivity index (χ1n) is 10.6. The molecule has 1 amide bonds. The second-order valence-electron chi connectivity index (χ2n) is 8.65. The second kappa shape index (κ2) is 8.15. The van der Waals surface area contributed by atoms with Gasteiger partial charge in [-0.05, 0) is 82.9 Å². The van der Waals surface area contributed by atoms with E-state index in [0.29, 0.717) is 5.92 Å². The summed E-state index contributed by atoms with van der Waals surface area (Å²) >= 11 is 0. The first-order valence-corrected chi connectivity index (χ1v) is 10.6. The summed E-state index contributed by atoms with van der Waals surface area (Å²) in [6, 6.07) is 11.1. The third kappa shape index (κ3) is 4.27. The molecule has 4 heteroatoms. The molecule has 0 aromatic heterocycles. The summed E-state index contributed by atoms with van der Waals surface area (Å²) in [4.78, 5) is 17.8. The number of nitrogens with one attached hydrogen (secondary N) is 1. The van der Waals surface area contributed by atoms with Crippen LogP contribution in [0.3, 0.4) is 0 Å². The highest BCUT2D eigenvalue weighted by Gasteiger charge is 2.40. The first-order chi connectivity index (χ1) is 13.1. The molecular formula is C23H33N3O. The van der Waals surface area contributed by atoms with Crippen LogP contribution in [-0.2, 0) is 4.79 Å². The maximum atomic E-state index is 12.6. The quantitative estimate of drug-likeness (QED) is 0.869. The van der Waals surface area contributed by atoms with Crippen LogP contribution in [0.5, 0.6) is 0 Å². The summed E-state index contributed by atoms with van der Waals surface area (Å²) in [6.45, 7) is 7.80. The number of carbonyl (C=O) groups excluding carboxylic acids is 1. The Morgan fingerprint density at radius 1 is 1.04 bits per heavy atom. The van der Waals surface area contributed by atoms with Crippen molar-refractivity contribution in [1.82, 2.24) is 15.1 Å². The summed E-state index contributed by atoms with van der Waals surface area (Å²) < 4.78 is 0. The van der Waals surface area contributed by atoms with Gasteiger partial charge < -0.3 is 15.1 Å². The average Bonchev–Trinajstić information content (AvgIpc) is 3.39. The highest BCUT2D eigenvalue weighted by Crippen LogP contribution is 2.46. The number of carbonyl (C=O) groups is 1. The Labute approximate surface area is 163 Å². The van der Waals surface area contributed by atoms with Gasteiger partial charge in [-0.1, -0.05) is 35.9 Å². The molecule has 1 aromatic carbocycles. The van der Waals surface area contributed by atoms with Crippen molar-refractivity contribution in [3.63, 3.8) is 0 Å². The Morgan fingerprint density at radius 3 is 2.37 bits per heavy atom. The molecule has 3 aliphatic rings. The zero-order chi connectivity index (χ0) is 18.8. The van der Waals surface area contributed by atoms with Crippen molar-refractivity contribution in [1.29, 1.82) is 0 Å². The molecule has 1 aliphatic carbocycles. The van der Waals surface area contributed by atoms with Crippen LogP contribution in [0.1, 0.15) is 38.2 Å². The molecule has 0 saturated carbocycles. The van der Waals surface area contributed by atoms with E-state index in [-0.39, 0.29) is 11.8 Å². The number of benzene rings is 1. The Kier molecular flexibility index (Phi) is 5.65. The molecule has 4 rings (SSSR count). The lowest BCUT2D eigenvalue weighted by Gasteiger charge is -2.41. The van der Waals surface area contributed by atoms with E-state index in [4.69, 9.17) is 0 Å². The Bertz CT molecular complexity index is 683. The summed E-state index contributed by atoms with van der Waals surface area (Å²) in [5.74, 6) is 0.839. The van der Waals surface area contributed by atoms with E-state index in [9.17, 15) is 4.79 Å². The smallest absolute Gasteiger partial charge is 0.231 e. The molecule has 27 heavy (non-hydrogen) atoms. The Balaban J connectivity index is 1.19. The molecule has 2 fully saturated rings. The van der Waals surface area contributed by atoms with E-state index in [1.165, 1.54) is 68.6 Å². The van der Waals surface area contributed by atoms with Crippen LogP contribution >= 0.6 is 0 Å². The standard InChI is InChI=1S/C23H33N3O/c1-17-21(19-6-4-3-5-7-19)22(17)23(27)24-16-18-8-14-26(15-9-18)20-10-12-25(2)13-11-20/h3-7,18,20,22H,8-16H2,1-2H3,(H,24,27)/t22-/m1/s1. The lowest BCUT2D eigenvalue weighted by molar-refractivity contribution is -0.121. The minimum atomic E-state index is 0.00622. The molecular weight excluding hydrogens is 334 g/mol. The van der Waals surface area contributed by atoms with Gasteiger partial charge in [0.15, 0.2) is 0 Å². The van der Waals surface area contributed by atoms with Gasteiger partial charge in [-0.15, -0.1) is 0 Å². The highest BCUT2D eigenvalue weighted by atomic mass is 16.2. The van der Waals surface area contributed by atoms with E-state index in [2.05, 4.69) is 41.2 Å². The summed E-state index contributed by atoms with van der Waals surface area (Å²) in [5.41, 5.74) is 3.66. The van der Waals surface area contributed by atoms with Gasteiger partial charge in [0.1, 0.15) is 0 Å². The molecule has 0 spiro atoms. The van der Waals surface area contributed by atoms with E-state index in [0.717, 1.165) is 12.6 Å². The lowest BCUT2D eigenvalue weighted by Crippen LogP contribution is -2.48. The predicted octanol–water partition coefficient (Wildman–Crippen LogP) is 3.01. The third-order valence-electron chi connectivity index (χ3n) is 6.83. The van der Waals surface area contributed by atoms with Crippen LogP contribution in [0, 0.1) is 11.8 Å². The van der Waals surface area contributed by atoms with E-state index < -0.39 is 0 Å². The fourth-order valence-electron chi connectivity index (χ4n) is 4.90. The molecule has 1 N–H and O–H groups in total. The molecule has 4 nitrogen and oxygen atoms in total. The molecule has 146 valence electrons. The topological polar surface area (TPSA) is 35.6 Å². The first kappa shape index (κ1) is 18.7. The molecule has 2 heterocycles. The van der Waals surface area contributed by atoms with Gasteiger partial charge >= 0.3 is 0 Å². The van der Waals surface area contributed by atoms with Crippen molar-refractivity contribution < 1.29 is 4.79 Å². The van der Waals surface area contributed by atoms with Crippen molar-refractivity contribution >= 4 is 11.5 Å². The maximum Gasteiger partial charge on any atom is 0.231 e. The van der Waals surface area contributed by atoms with Gasteiger partial charge in [0, 0.05) is 12.6 Å². The Hall–Kier alpha value is -1.65. The van der Waals surface area contributed by atoms with Gasteiger partial charge in [0.2, 0.25) is 5.91 Å². The van der Waals surface area contributed by atoms with Gasteiger partial charge in [-0.3, -0.25) is 4.79 Å². The zero-order valence-electron chi connectivity index (χ0n) is 16.8. The number of hydrogen-bond acceptors (Lipinski definition) is 3. The SMILES string of the molecule is CC1=C(c2ccccc2)[C@@H]1C(=O)NCC1CCN(C2CCN(C)CC2)CC1. The van der Waals surface area contributed by atoms with Crippen LogP contribution < -0.4 is 5.32 Å². The van der Waals surface area contributed by atoms with Crippen molar-refractivity contribution in [2.45, 2.75) is 38.6 Å². The summed E-state index contributed by atoms with van der Waals surface area (Å²) in [6.07, 6.45) is 5.06. The van der Waals surface area contributed by atoms with Crippen LogP contribution in [0.25, 0.3) is 5.57 Å². The zero-order valence-corrected chi connectivity index (χ0v) is 16.8. The minimum absolute atomic E-state index is 0.00622. The number of rotatable bonds is 5. The van der Waals surface area contributed by atoms with Gasteiger partial charge in [-0.2, -0.15) is 0 Å². The molecule has 0 unspecified atom stereocenters. The number of amides is 1. The van der Waals surface area contributed by atoms with Gasteiger partial charge in [0.25, 0.3) is 0 Å². The van der Waals surface area contributed by atoms with Gasteiger partial charge in [0.05, 0.1) is 5.92 Å². The number of piperidine rings is 2. The van der Waals surface area contributed by atoms with Crippen LogP contribution in [0.2, 0.25) is 0 Å².